The van der Waals surface area contributed by atoms with Crippen LogP contribution < -0.4 is 5.32 Å². The van der Waals surface area contributed by atoms with Crippen molar-refractivity contribution >= 4 is 28.3 Å². The molecule has 2 fully saturated rings. The molecule has 2 aliphatic rings. The number of amides is 2. The van der Waals surface area contributed by atoms with E-state index in [4.69, 9.17) is 0 Å². The van der Waals surface area contributed by atoms with Crippen LogP contribution in [0.2, 0.25) is 0 Å². The van der Waals surface area contributed by atoms with Crippen LogP contribution in [0.25, 0.3) is 0 Å². The largest absolute Gasteiger partial charge is 0.340 e. The highest BCUT2D eigenvalue weighted by molar-refractivity contribution is 7.15. The number of carbonyl (C=O) groups excluding carboxylic acids is 2. The van der Waals surface area contributed by atoms with E-state index < -0.39 is 0 Å². The summed E-state index contributed by atoms with van der Waals surface area (Å²) in [5.74, 6) is -0.0826. The molecule has 1 aromatic heterocycles. The summed E-state index contributed by atoms with van der Waals surface area (Å²) in [5, 5.41) is 12.2. The van der Waals surface area contributed by atoms with Gasteiger partial charge in [-0.25, -0.2) is 0 Å². The Labute approximate surface area is 165 Å². The molecule has 0 unspecified atom stereocenters. The van der Waals surface area contributed by atoms with Crippen LogP contribution in [0.3, 0.4) is 0 Å². The number of carbonyl (C=O) groups is 2. The Bertz CT molecular complexity index is 621. The Morgan fingerprint density at radius 1 is 1.07 bits per heavy atom. The molecule has 150 valence electrons. The van der Waals surface area contributed by atoms with Gasteiger partial charge in [0.15, 0.2) is 0 Å². The van der Waals surface area contributed by atoms with Gasteiger partial charge in [-0.1, -0.05) is 37.5 Å². The van der Waals surface area contributed by atoms with E-state index in [1.807, 2.05) is 4.90 Å². The second kappa shape index (κ2) is 10.1. The summed E-state index contributed by atoms with van der Waals surface area (Å²) in [7, 11) is 0. The fourth-order valence-corrected chi connectivity index (χ4v) is 4.82. The third kappa shape index (κ3) is 5.97. The van der Waals surface area contributed by atoms with E-state index >= 15 is 0 Å². The first kappa shape index (κ1) is 20.2. The van der Waals surface area contributed by atoms with Gasteiger partial charge >= 0.3 is 0 Å². The Morgan fingerprint density at radius 3 is 2.52 bits per heavy atom. The first-order valence-corrected chi connectivity index (χ1v) is 11.1. The second-order valence-corrected chi connectivity index (χ2v) is 8.57. The molecule has 0 radical (unpaired) electrons. The van der Waals surface area contributed by atoms with Crippen molar-refractivity contribution in [3.05, 3.63) is 5.01 Å². The van der Waals surface area contributed by atoms with Crippen LogP contribution in [-0.2, 0) is 16.0 Å². The molecular formula is C19H31N5O2S. The van der Waals surface area contributed by atoms with Gasteiger partial charge in [0, 0.05) is 51.5 Å². The van der Waals surface area contributed by atoms with Gasteiger partial charge in [0.05, 0.1) is 0 Å². The van der Waals surface area contributed by atoms with E-state index in [0.29, 0.717) is 11.2 Å². The maximum absolute atomic E-state index is 12.4. The Hall–Kier alpha value is -1.54. The Morgan fingerprint density at radius 2 is 1.81 bits per heavy atom. The molecule has 1 saturated carbocycles. The van der Waals surface area contributed by atoms with Gasteiger partial charge in [0.2, 0.25) is 16.9 Å². The zero-order valence-electron chi connectivity index (χ0n) is 16.3. The highest BCUT2D eigenvalue weighted by atomic mass is 32.1. The molecule has 2 heterocycles. The van der Waals surface area contributed by atoms with Crippen molar-refractivity contribution in [2.45, 2.75) is 70.8 Å². The second-order valence-electron chi connectivity index (χ2n) is 7.51. The number of nitrogens with one attached hydrogen (secondary N) is 1. The lowest BCUT2D eigenvalue weighted by Gasteiger charge is -2.40. The molecule has 8 heteroatoms. The highest BCUT2D eigenvalue weighted by Crippen LogP contribution is 2.23. The van der Waals surface area contributed by atoms with Crippen LogP contribution in [0, 0.1) is 0 Å². The molecule has 1 N–H and O–H groups in total. The lowest BCUT2D eigenvalue weighted by molar-refractivity contribution is -0.134. The number of aromatic nitrogens is 2. The maximum Gasteiger partial charge on any atom is 0.226 e. The summed E-state index contributed by atoms with van der Waals surface area (Å²) in [6.07, 6.45) is 9.00. The first-order chi connectivity index (χ1) is 13.2. The molecule has 7 nitrogen and oxygen atoms in total. The van der Waals surface area contributed by atoms with Crippen LogP contribution in [0.1, 0.15) is 63.3 Å². The lowest BCUT2D eigenvalue weighted by Crippen LogP contribution is -2.52. The minimum Gasteiger partial charge on any atom is -0.340 e. The summed E-state index contributed by atoms with van der Waals surface area (Å²) in [6.45, 7) is 5.59. The molecule has 2 amide bonds. The maximum atomic E-state index is 12.4. The summed E-state index contributed by atoms with van der Waals surface area (Å²) in [6, 6.07) is 0.714. The lowest BCUT2D eigenvalue weighted by atomic mass is 9.94. The number of nitrogens with zero attached hydrogens (tertiary/aromatic N) is 4. The van der Waals surface area contributed by atoms with Crippen molar-refractivity contribution in [1.82, 2.24) is 20.0 Å². The van der Waals surface area contributed by atoms with Gasteiger partial charge in [-0.15, -0.1) is 10.2 Å². The van der Waals surface area contributed by atoms with Crippen molar-refractivity contribution < 1.29 is 9.59 Å². The van der Waals surface area contributed by atoms with E-state index in [2.05, 4.69) is 27.3 Å². The van der Waals surface area contributed by atoms with Crippen molar-refractivity contribution in [2.75, 3.05) is 31.5 Å². The van der Waals surface area contributed by atoms with Gasteiger partial charge in [0.1, 0.15) is 5.01 Å². The van der Waals surface area contributed by atoms with E-state index in [0.717, 1.165) is 44.0 Å². The van der Waals surface area contributed by atoms with Crippen LogP contribution in [0.4, 0.5) is 5.13 Å². The van der Waals surface area contributed by atoms with Gasteiger partial charge in [-0.2, -0.15) is 0 Å². The van der Waals surface area contributed by atoms with Gasteiger partial charge in [-0.05, 0) is 19.3 Å². The van der Waals surface area contributed by atoms with Crippen LogP contribution in [0.15, 0.2) is 0 Å². The predicted molar refractivity (Wildman–Crippen MR) is 107 cm³/mol. The van der Waals surface area contributed by atoms with Gasteiger partial charge in [0.25, 0.3) is 0 Å². The number of anilines is 1. The molecule has 3 rings (SSSR count). The zero-order chi connectivity index (χ0) is 19.1. The molecule has 0 spiro atoms. The van der Waals surface area contributed by atoms with Crippen molar-refractivity contribution in [1.29, 1.82) is 0 Å². The van der Waals surface area contributed by atoms with Crippen LogP contribution >= 0.6 is 11.3 Å². The first-order valence-electron chi connectivity index (χ1n) is 10.3. The molecular weight excluding hydrogens is 362 g/mol. The van der Waals surface area contributed by atoms with Gasteiger partial charge in [-0.3, -0.25) is 14.5 Å². The number of aryl methyl sites for hydroxylation is 1. The molecule has 1 aliphatic heterocycles. The quantitative estimate of drug-likeness (QED) is 0.771. The average Bonchev–Trinajstić information content (AvgIpc) is 3.14. The predicted octanol–water partition coefficient (Wildman–Crippen LogP) is 2.69. The number of rotatable bonds is 7. The zero-order valence-corrected chi connectivity index (χ0v) is 17.1. The summed E-state index contributed by atoms with van der Waals surface area (Å²) in [4.78, 5) is 29.0. The van der Waals surface area contributed by atoms with E-state index in [9.17, 15) is 9.59 Å². The fraction of sp³-hybridized carbons (Fsp3) is 0.789. The summed E-state index contributed by atoms with van der Waals surface area (Å²) < 4.78 is 0. The smallest absolute Gasteiger partial charge is 0.226 e. The molecule has 1 aromatic rings. The highest BCUT2D eigenvalue weighted by Gasteiger charge is 2.27. The number of hydrogen-bond acceptors (Lipinski definition) is 6. The molecule has 0 bridgehead atoms. The third-order valence-corrected chi connectivity index (χ3v) is 6.40. The third-order valence-electron chi connectivity index (χ3n) is 5.50. The normalized spacial score (nSPS) is 19.2. The van der Waals surface area contributed by atoms with Crippen molar-refractivity contribution in [3.63, 3.8) is 0 Å². The standard InChI is InChI=1S/C19H31N5O2S/c1-2-6-17-21-22-19(27-17)20-16(25)9-10-18(26)24-13-11-23(12-14-24)15-7-4-3-5-8-15/h15H,2-14H2,1H3,(H,20,22,25). The van der Waals surface area contributed by atoms with Crippen LogP contribution in [0.5, 0.6) is 0 Å². The van der Waals surface area contributed by atoms with Crippen molar-refractivity contribution in [2.24, 2.45) is 0 Å². The molecule has 1 saturated heterocycles. The van der Waals surface area contributed by atoms with Crippen molar-refractivity contribution in [3.8, 4) is 0 Å². The van der Waals surface area contributed by atoms with E-state index in [-0.39, 0.29) is 24.7 Å². The minimum absolute atomic E-state index is 0.0809. The topological polar surface area (TPSA) is 78.4 Å². The van der Waals surface area contributed by atoms with E-state index in [1.54, 1.807) is 0 Å². The molecule has 0 aromatic carbocycles. The fourth-order valence-electron chi connectivity index (χ4n) is 3.96. The monoisotopic (exact) mass is 393 g/mol. The molecule has 1 aliphatic carbocycles. The summed E-state index contributed by atoms with van der Waals surface area (Å²) >= 11 is 1.41. The van der Waals surface area contributed by atoms with Crippen LogP contribution in [-0.4, -0.2) is 64.0 Å². The van der Waals surface area contributed by atoms with E-state index in [1.165, 1.54) is 43.4 Å². The summed E-state index contributed by atoms with van der Waals surface area (Å²) in [5.41, 5.74) is 0. The molecule has 0 atom stereocenters. The number of hydrogen-bond donors (Lipinski definition) is 1. The minimum atomic E-state index is -0.164. The average molecular weight is 394 g/mol. The van der Waals surface area contributed by atoms with Gasteiger partial charge < -0.3 is 10.2 Å². The SMILES string of the molecule is CCCc1nnc(NC(=O)CCC(=O)N2CCN(C3CCCCC3)CC2)s1. The molecule has 27 heavy (non-hydrogen) atoms. The Kier molecular flexibility index (Phi) is 7.58. The Balaban J connectivity index is 1.35. The number of piperazine rings is 1.